The van der Waals surface area contributed by atoms with E-state index in [2.05, 4.69) is 11.8 Å². The van der Waals surface area contributed by atoms with Gasteiger partial charge < -0.3 is 9.64 Å². The van der Waals surface area contributed by atoms with Crippen molar-refractivity contribution in [2.24, 2.45) is 0 Å². The van der Waals surface area contributed by atoms with Crippen LogP contribution in [0.4, 0.5) is 0 Å². The molecule has 2 fully saturated rings. The number of ether oxygens (including phenoxy) is 1. The van der Waals surface area contributed by atoms with E-state index in [-0.39, 0.29) is 11.4 Å². The monoisotopic (exact) mass is 302 g/mol. The smallest absolute Gasteiger partial charge is 0.226 e. The van der Waals surface area contributed by atoms with E-state index in [4.69, 9.17) is 4.74 Å². The standard InChI is InChI=1S/C18H26N2O2/c1-2-20-12-13-22-15-18(20)8-10-19(11-9-18)17(21)14-16-6-4-3-5-7-16/h3-7H,2,8-15H2,1H3. The molecule has 4 heteroatoms. The summed E-state index contributed by atoms with van der Waals surface area (Å²) >= 11 is 0. The highest BCUT2D eigenvalue weighted by Crippen LogP contribution is 2.31. The lowest BCUT2D eigenvalue weighted by Gasteiger charge is -2.50. The molecule has 1 amide bonds. The molecule has 2 heterocycles. The second-order valence-corrected chi connectivity index (χ2v) is 6.40. The van der Waals surface area contributed by atoms with E-state index < -0.39 is 0 Å². The van der Waals surface area contributed by atoms with Crippen LogP contribution in [0, 0.1) is 0 Å². The zero-order valence-electron chi connectivity index (χ0n) is 13.5. The van der Waals surface area contributed by atoms with Crippen LogP contribution < -0.4 is 0 Å². The normalized spacial score (nSPS) is 22.0. The predicted molar refractivity (Wildman–Crippen MR) is 86.8 cm³/mol. The lowest BCUT2D eigenvalue weighted by atomic mass is 9.85. The molecule has 1 spiro atoms. The average Bonchev–Trinajstić information content (AvgIpc) is 2.57. The molecule has 2 aliphatic heterocycles. The highest BCUT2D eigenvalue weighted by molar-refractivity contribution is 5.78. The van der Waals surface area contributed by atoms with Crippen molar-refractivity contribution >= 4 is 5.91 Å². The van der Waals surface area contributed by atoms with Gasteiger partial charge in [-0.3, -0.25) is 9.69 Å². The van der Waals surface area contributed by atoms with Gasteiger partial charge in [0.25, 0.3) is 0 Å². The van der Waals surface area contributed by atoms with Crippen molar-refractivity contribution in [2.45, 2.75) is 31.7 Å². The van der Waals surface area contributed by atoms with Gasteiger partial charge in [-0.2, -0.15) is 0 Å². The summed E-state index contributed by atoms with van der Waals surface area (Å²) in [6.45, 7) is 7.68. The molecule has 0 N–H and O–H groups in total. The summed E-state index contributed by atoms with van der Waals surface area (Å²) in [5.41, 5.74) is 1.26. The number of likely N-dealkylation sites (tertiary alicyclic amines) is 1. The van der Waals surface area contributed by atoms with Gasteiger partial charge >= 0.3 is 0 Å². The van der Waals surface area contributed by atoms with Gasteiger partial charge in [0.2, 0.25) is 5.91 Å². The minimum Gasteiger partial charge on any atom is -0.378 e. The van der Waals surface area contributed by atoms with Crippen LogP contribution in [0.25, 0.3) is 0 Å². The van der Waals surface area contributed by atoms with Gasteiger partial charge in [-0.25, -0.2) is 0 Å². The van der Waals surface area contributed by atoms with Crippen molar-refractivity contribution in [3.05, 3.63) is 35.9 Å². The highest BCUT2D eigenvalue weighted by Gasteiger charge is 2.42. The molecular formula is C18H26N2O2. The Labute approximate surface area is 133 Å². The van der Waals surface area contributed by atoms with Crippen LogP contribution in [-0.2, 0) is 16.0 Å². The van der Waals surface area contributed by atoms with Gasteiger partial charge in [0.05, 0.1) is 19.6 Å². The van der Waals surface area contributed by atoms with Gasteiger partial charge in [0.15, 0.2) is 0 Å². The first-order valence-electron chi connectivity index (χ1n) is 8.38. The summed E-state index contributed by atoms with van der Waals surface area (Å²) in [7, 11) is 0. The molecule has 0 saturated carbocycles. The maximum Gasteiger partial charge on any atom is 0.226 e. The second kappa shape index (κ2) is 6.80. The maximum absolute atomic E-state index is 12.5. The Morgan fingerprint density at radius 2 is 1.91 bits per heavy atom. The summed E-state index contributed by atoms with van der Waals surface area (Å²) in [5.74, 6) is 0.251. The SMILES string of the molecule is CCN1CCOCC12CCN(C(=O)Cc1ccccc1)CC2. The fourth-order valence-corrected chi connectivity index (χ4v) is 3.77. The van der Waals surface area contributed by atoms with Crippen molar-refractivity contribution in [3.63, 3.8) is 0 Å². The lowest BCUT2D eigenvalue weighted by Crippen LogP contribution is -2.61. The number of rotatable bonds is 3. The zero-order chi connectivity index (χ0) is 15.4. The summed E-state index contributed by atoms with van der Waals surface area (Å²) in [5, 5.41) is 0. The molecule has 1 aromatic carbocycles. The van der Waals surface area contributed by atoms with E-state index in [0.717, 1.165) is 57.8 Å². The van der Waals surface area contributed by atoms with E-state index >= 15 is 0 Å². The van der Waals surface area contributed by atoms with Crippen LogP contribution in [0.3, 0.4) is 0 Å². The maximum atomic E-state index is 12.5. The van der Waals surface area contributed by atoms with Crippen LogP contribution >= 0.6 is 0 Å². The van der Waals surface area contributed by atoms with Crippen LogP contribution in [0.15, 0.2) is 30.3 Å². The van der Waals surface area contributed by atoms with Crippen molar-refractivity contribution in [3.8, 4) is 0 Å². The number of hydrogen-bond donors (Lipinski definition) is 0. The van der Waals surface area contributed by atoms with Gasteiger partial charge in [0.1, 0.15) is 0 Å². The largest absolute Gasteiger partial charge is 0.378 e. The first-order valence-corrected chi connectivity index (χ1v) is 8.38. The van der Waals surface area contributed by atoms with Gasteiger partial charge in [-0.1, -0.05) is 37.3 Å². The van der Waals surface area contributed by atoms with Gasteiger partial charge in [-0.15, -0.1) is 0 Å². The second-order valence-electron chi connectivity index (χ2n) is 6.40. The van der Waals surface area contributed by atoms with Crippen molar-refractivity contribution in [2.75, 3.05) is 39.4 Å². The minimum absolute atomic E-state index is 0.163. The third-order valence-electron chi connectivity index (χ3n) is 5.17. The summed E-state index contributed by atoms with van der Waals surface area (Å²) in [4.78, 5) is 17.1. The highest BCUT2D eigenvalue weighted by atomic mass is 16.5. The Morgan fingerprint density at radius 3 is 2.59 bits per heavy atom. The molecule has 2 aliphatic rings. The first kappa shape index (κ1) is 15.5. The third-order valence-corrected chi connectivity index (χ3v) is 5.17. The van der Waals surface area contributed by atoms with Crippen LogP contribution in [0.1, 0.15) is 25.3 Å². The molecule has 1 aromatic rings. The Hall–Kier alpha value is -1.39. The molecule has 120 valence electrons. The molecule has 0 aliphatic carbocycles. The van der Waals surface area contributed by atoms with Gasteiger partial charge in [0, 0.05) is 25.2 Å². The quantitative estimate of drug-likeness (QED) is 0.855. The van der Waals surface area contributed by atoms with E-state index in [1.165, 1.54) is 0 Å². The minimum atomic E-state index is 0.163. The molecule has 0 bridgehead atoms. The van der Waals surface area contributed by atoms with Crippen LogP contribution in [0.2, 0.25) is 0 Å². The molecule has 0 atom stereocenters. The van der Waals surface area contributed by atoms with E-state index in [0.29, 0.717) is 6.42 Å². The molecule has 0 unspecified atom stereocenters. The number of morpholine rings is 1. The number of carbonyl (C=O) groups excluding carboxylic acids is 1. The Morgan fingerprint density at radius 1 is 1.18 bits per heavy atom. The predicted octanol–water partition coefficient (Wildman–Crippen LogP) is 1.94. The fourth-order valence-electron chi connectivity index (χ4n) is 3.77. The first-order chi connectivity index (χ1) is 10.7. The number of carbonyl (C=O) groups is 1. The van der Waals surface area contributed by atoms with Crippen LogP contribution in [-0.4, -0.2) is 60.6 Å². The molecule has 0 radical (unpaired) electrons. The van der Waals surface area contributed by atoms with Crippen LogP contribution in [0.5, 0.6) is 0 Å². The molecule has 0 aromatic heterocycles. The average molecular weight is 302 g/mol. The van der Waals surface area contributed by atoms with E-state index in [9.17, 15) is 4.79 Å². The topological polar surface area (TPSA) is 32.8 Å². The molecular weight excluding hydrogens is 276 g/mol. The molecule has 4 nitrogen and oxygen atoms in total. The van der Waals surface area contributed by atoms with E-state index in [1.54, 1.807) is 0 Å². The molecule has 2 saturated heterocycles. The molecule has 3 rings (SSSR count). The number of piperidine rings is 1. The summed E-state index contributed by atoms with van der Waals surface area (Å²) in [6, 6.07) is 10.0. The van der Waals surface area contributed by atoms with Gasteiger partial charge in [-0.05, 0) is 24.9 Å². The number of hydrogen-bond acceptors (Lipinski definition) is 3. The van der Waals surface area contributed by atoms with Crippen molar-refractivity contribution < 1.29 is 9.53 Å². The zero-order valence-corrected chi connectivity index (χ0v) is 13.5. The lowest BCUT2D eigenvalue weighted by molar-refractivity contribution is -0.137. The van der Waals surface area contributed by atoms with Crippen molar-refractivity contribution in [1.29, 1.82) is 0 Å². The number of benzene rings is 1. The van der Waals surface area contributed by atoms with E-state index in [1.807, 2.05) is 35.2 Å². The number of likely N-dealkylation sites (N-methyl/N-ethyl adjacent to an activating group) is 1. The van der Waals surface area contributed by atoms with Crippen molar-refractivity contribution in [1.82, 2.24) is 9.80 Å². The Bertz CT molecular complexity index is 495. The molecule has 22 heavy (non-hydrogen) atoms. The number of amides is 1. The summed E-state index contributed by atoms with van der Waals surface area (Å²) in [6.07, 6.45) is 2.57. The fraction of sp³-hybridized carbons (Fsp3) is 0.611. The third kappa shape index (κ3) is 3.18. The summed E-state index contributed by atoms with van der Waals surface area (Å²) < 4.78 is 5.74. The Balaban J connectivity index is 1.58. The Kier molecular flexibility index (Phi) is 4.79. The number of nitrogens with zero attached hydrogens (tertiary/aromatic N) is 2.